The minimum Gasteiger partial charge on any atom is -0.544 e. The van der Waals surface area contributed by atoms with Crippen LogP contribution in [0.15, 0.2) is 24.3 Å². The van der Waals surface area contributed by atoms with Gasteiger partial charge < -0.3 is 15.3 Å². The molecule has 0 saturated carbocycles. The molecule has 0 aliphatic rings. The molecule has 21 heavy (non-hydrogen) atoms. The summed E-state index contributed by atoms with van der Waals surface area (Å²) < 4.78 is 6.19. The molecule has 1 aromatic rings. The zero-order chi connectivity index (χ0) is 16.5. The standard InChI is InChI=1S/C16H27NO3Si/c1-15(2,3)21(5,6)20-13-9-7-12(8-10-13)11-16(4,17)14(18)19/h7-10H,11,17H2,1-6H3,(H,18,19)/t16-/m1/s1. The molecular formula is C16H27NO3Si. The molecule has 0 aliphatic carbocycles. The number of aliphatic carboxylic acids is 1. The van der Waals surface area contributed by atoms with E-state index in [1.165, 1.54) is 6.92 Å². The average Bonchev–Trinajstić information content (AvgIpc) is 2.29. The van der Waals surface area contributed by atoms with E-state index in [1.807, 2.05) is 24.3 Å². The largest absolute Gasteiger partial charge is 0.544 e. The average molecular weight is 309 g/mol. The third-order valence-corrected chi connectivity index (χ3v) is 8.52. The molecule has 0 unspecified atom stereocenters. The van der Waals surface area contributed by atoms with Crippen molar-refractivity contribution in [1.29, 1.82) is 0 Å². The van der Waals surface area contributed by atoms with Gasteiger partial charge in [-0.1, -0.05) is 32.9 Å². The fourth-order valence-corrected chi connectivity index (χ4v) is 2.65. The third kappa shape index (κ3) is 4.57. The highest BCUT2D eigenvalue weighted by Crippen LogP contribution is 2.37. The van der Waals surface area contributed by atoms with Gasteiger partial charge in [0.1, 0.15) is 11.3 Å². The molecule has 1 atom stereocenters. The summed E-state index contributed by atoms with van der Waals surface area (Å²) in [5.41, 5.74) is 5.41. The van der Waals surface area contributed by atoms with Crippen LogP contribution in [-0.2, 0) is 11.2 Å². The zero-order valence-electron chi connectivity index (χ0n) is 13.9. The van der Waals surface area contributed by atoms with Gasteiger partial charge in [0, 0.05) is 6.42 Å². The van der Waals surface area contributed by atoms with Crippen LogP contribution in [0, 0.1) is 0 Å². The Bertz CT molecular complexity index is 501. The van der Waals surface area contributed by atoms with Gasteiger partial charge in [0.15, 0.2) is 0 Å². The number of hydrogen-bond acceptors (Lipinski definition) is 3. The summed E-state index contributed by atoms with van der Waals surface area (Å²) in [5, 5.41) is 9.20. The summed E-state index contributed by atoms with van der Waals surface area (Å²) in [5.74, 6) is -0.163. The molecule has 3 N–H and O–H groups in total. The molecule has 0 spiro atoms. The smallest absolute Gasteiger partial charge is 0.323 e. The first-order chi connectivity index (χ1) is 9.35. The number of rotatable bonds is 5. The van der Waals surface area contributed by atoms with E-state index in [4.69, 9.17) is 15.3 Å². The zero-order valence-corrected chi connectivity index (χ0v) is 14.9. The maximum absolute atomic E-state index is 11.0. The summed E-state index contributed by atoms with van der Waals surface area (Å²) in [7, 11) is -1.85. The van der Waals surface area contributed by atoms with E-state index in [9.17, 15) is 4.79 Å². The van der Waals surface area contributed by atoms with E-state index >= 15 is 0 Å². The van der Waals surface area contributed by atoms with Crippen LogP contribution >= 0.6 is 0 Å². The van der Waals surface area contributed by atoms with Crippen LogP contribution < -0.4 is 10.2 Å². The van der Waals surface area contributed by atoms with E-state index in [-0.39, 0.29) is 5.04 Å². The van der Waals surface area contributed by atoms with Gasteiger partial charge in [-0.05, 0) is 42.8 Å². The van der Waals surface area contributed by atoms with Crippen molar-refractivity contribution in [3.05, 3.63) is 29.8 Å². The maximum Gasteiger partial charge on any atom is 0.323 e. The Morgan fingerprint density at radius 3 is 2.05 bits per heavy atom. The molecule has 1 rings (SSSR count). The van der Waals surface area contributed by atoms with E-state index in [0.717, 1.165) is 11.3 Å². The van der Waals surface area contributed by atoms with Gasteiger partial charge >= 0.3 is 5.97 Å². The third-order valence-electron chi connectivity index (χ3n) is 4.16. The predicted molar refractivity (Wildman–Crippen MR) is 88.2 cm³/mol. The monoisotopic (exact) mass is 309 g/mol. The molecule has 0 saturated heterocycles. The minimum absolute atomic E-state index is 0.144. The van der Waals surface area contributed by atoms with Crippen LogP contribution in [-0.4, -0.2) is 24.9 Å². The second-order valence-electron chi connectivity index (χ2n) is 7.41. The van der Waals surface area contributed by atoms with Crippen LogP contribution in [0.5, 0.6) is 5.75 Å². The highest BCUT2D eigenvalue weighted by molar-refractivity contribution is 6.74. The molecule has 0 radical (unpaired) electrons. The Labute approximate surface area is 128 Å². The maximum atomic E-state index is 11.0. The Kier molecular flexibility index (Phi) is 4.90. The number of benzene rings is 1. The second kappa shape index (κ2) is 5.81. The van der Waals surface area contributed by atoms with Crippen molar-refractivity contribution in [3.63, 3.8) is 0 Å². The first-order valence-corrected chi connectivity index (χ1v) is 10.1. The van der Waals surface area contributed by atoms with Crippen molar-refractivity contribution in [2.24, 2.45) is 5.73 Å². The fourth-order valence-electron chi connectivity index (χ4n) is 1.62. The molecular weight excluding hydrogens is 282 g/mol. The molecule has 5 heteroatoms. The first-order valence-electron chi connectivity index (χ1n) is 7.15. The Balaban J connectivity index is 2.82. The number of carboxylic acids is 1. The molecule has 0 aromatic heterocycles. The van der Waals surface area contributed by atoms with Gasteiger partial charge in [0.05, 0.1) is 0 Å². The van der Waals surface area contributed by atoms with E-state index in [0.29, 0.717) is 6.42 Å². The second-order valence-corrected chi connectivity index (χ2v) is 12.1. The highest BCUT2D eigenvalue weighted by atomic mass is 28.4. The highest BCUT2D eigenvalue weighted by Gasteiger charge is 2.39. The van der Waals surface area contributed by atoms with Gasteiger partial charge in [-0.3, -0.25) is 4.79 Å². The lowest BCUT2D eigenvalue weighted by molar-refractivity contribution is -0.142. The Morgan fingerprint density at radius 2 is 1.67 bits per heavy atom. The van der Waals surface area contributed by atoms with Crippen LogP contribution in [0.3, 0.4) is 0 Å². The lowest BCUT2D eigenvalue weighted by atomic mass is 9.94. The minimum atomic E-state index is -1.85. The normalized spacial score (nSPS) is 15.4. The van der Waals surface area contributed by atoms with Gasteiger partial charge in [-0.25, -0.2) is 0 Å². The molecule has 118 valence electrons. The predicted octanol–water partition coefficient (Wildman–Crippen LogP) is 3.42. The molecule has 1 aromatic carbocycles. The van der Waals surface area contributed by atoms with Crippen molar-refractivity contribution < 1.29 is 14.3 Å². The van der Waals surface area contributed by atoms with Crippen molar-refractivity contribution in [3.8, 4) is 5.75 Å². The summed E-state index contributed by atoms with van der Waals surface area (Å²) >= 11 is 0. The lowest BCUT2D eigenvalue weighted by Gasteiger charge is -2.36. The van der Waals surface area contributed by atoms with Crippen molar-refractivity contribution >= 4 is 14.3 Å². The lowest BCUT2D eigenvalue weighted by Crippen LogP contribution is -2.46. The van der Waals surface area contributed by atoms with E-state index in [1.54, 1.807) is 0 Å². The van der Waals surface area contributed by atoms with Gasteiger partial charge in [0.2, 0.25) is 8.32 Å². The van der Waals surface area contributed by atoms with Crippen molar-refractivity contribution in [2.45, 2.75) is 57.8 Å². The molecule has 0 fully saturated rings. The van der Waals surface area contributed by atoms with Gasteiger partial charge in [0.25, 0.3) is 0 Å². The number of hydrogen-bond donors (Lipinski definition) is 2. The molecule has 4 nitrogen and oxygen atoms in total. The SMILES string of the molecule is CC(C)(C)[Si](C)(C)Oc1ccc(C[C@@](C)(N)C(=O)O)cc1. The number of carbonyl (C=O) groups is 1. The Hall–Kier alpha value is -1.33. The number of carboxylic acid groups (broad SMARTS) is 1. The quantitative estimate of drug-likeness (QED) is 0.818. The van der Waals surface area contributed by atoms with Gasteiger partial charge in [-0.2, -0.15) is 0 Å². The molecule has 0 amide bonds. The summed E-state index contributed by atoms with van der Waals surface area (Å²) in [6.07, 6.45) is 0.294. The van der Waals surface area contributed by atoms with Crippen LogP contribution in [0.2, 0.25) is 18.1 Å². The molecule has 0 aliphatic heterocycles. The Morgan fingerprint density at radius 1 is 1.19 bits per heavy atom. The summed E-state index contributed by atoms with van der Waals surface area (Å²) in [4.78, 5) is 11.0. The summed E-state index contributed by atoms with van der Waals surface area (Å²) in [6.45, 7) is 12.5. The van der Waals surface area contributed by atoms with Crippen LogP contribution in [0.4, 0.5) is 0 Å². The first kappa shape index (κ1) is 17.7. The van der Waals surface area contributed by atoms with Crippen LogP contribution in [0.25, 0.3) is 0 Å². The van der Waals surface area contributed by atoms with Crippen molar-refractivity contribution in [2.75, 3.05) is 0 Å². The molecule has 0 heterocycles. The van der Waals surface area contributed by atoms with E-state index in [2.05, 4.69) is 33.9 Å². The van der Waals surface area contributed by atoms with Gasteiger partial charge in [-0.15, -0.1) is 0 Å². The fraction of sp³-hybridized carbons (Fsp3) is 0.562. The topological polar surface area (TPSA) is 72.5 Å². The van der Waals surface area contributed by atoms with E-state index < -0.39 is 19.8 Å². The molecule has 0 bridgehead atoms. The number of nitrogens with two attached hydrogens (primary N) is 1. The van der Waals surface area contributed by atoms with Crippen LogP contribution in [0.1, 0.15) is 33.3 Å². The van der Waals surface area contributed by atoms with Crippen molar-refractivity contribution in [1.82, 2.24) is 0 Å². The summed E-state index contributed by atoms with van der Waals surface area (Å²) in [6, 6.07) is 7.56.